The highest BCUT2D eigenvalue weighted by molar-refractivity contribution is 6.00. The zero-order chi connectivity index (χ0) is 22.2. The molecule has 0 radical (unpaired) electrons. The van der Waals surface area contributed by atoms with Gasteiger partial charge in [0.2, 0.25) is 5.95 Å². The number of benzene rings is 2. The maximum Gasteiger partial charge on any atom is 0.212 e. The van der Waals surface area contributed by atoms with Gasteiger partial charge in [-0.25, -0.2) is 4.98 Å². The summed E-state index contributed by atoms with van der Waals surface area (Å²) in [5.74, 6) is -0.357. The molecule has 1 N–H and O–H groups in total. The van der Waals surface area contributed by atoms with Gasteiger partial charge in [-0.3, -0.25) is 4.98 Å². The van der Waals surface area contributed by atoms with Gasteiger partial charge in [0.15, 0.2) is 0 Å². The lowest BCUT2D eigenvalue weighted by Crippen LogP contribution is -2.45. The number of para-hydroxylation sites is 1. The molecule has 2 aromatic carbocycles. The Morgan fingerprint density at radius 2 is 1.59 bits per heavy atom. The van der Waals surface area contributed by atoms with E-state index >= 15 is 0 Å². The Hall–Kier alpha value is -3.51. The first-order valence-electron chi connectivity index (χ1n) is 10.7. The lowest BCUT2D eigenvalue weighted by molar-refractivity contribution is -0.00521. The van der Waals surface area contributed by atoms with Gasteiger partial charge in [-0.05, 0) is 49.7 Å². The Kier molecular flexibility index (Phi) is 5.23. The van der Waals surface area contributed by atoms with Crippen LogP contribution in [-0.4, -0.2) is 40.4 Å². The highest BCUT2D eigenvalue weighted by Gasteiger charge is 2.22. The van der Waals surface area contributed by atoms with Crippen molar-refractivity contribution in [2.75, 3.05) is 18.0 Å². The molecule has 3 heterocycles. The zero-order valence-corrected chi connectivity index (χ0v) is 18.0. The number of anilines is 1. The molecule has 4 aromatic rings. The van der Waals surface area contributed by atoms with Crippen molar-refractivity contribution >= 4 is 16.6 Å². The monoisotopic (exact) mass is 429 g/mol. The van der Waals surface area contributed by atoms with Gasteiger partial charge in [0, 0.05) is 53.2 Å². The zero-order valence-electron chi connectivity index (χ0n) is 18.0. The average molecular weight is 429 g/mol. The molecule has 32 heavy (non-hydrogen) atoms. The number of morpholine rings is 1. The van der Waals surface area contributed by atoms with Gasteiger partial charge in [-0.1, -0.05) is 24.3 Å². The van der Waals surface area contributed by atoms with Crippen LogP contribution in [0, 0.1) is 5.95 Å². The number of nitrogens with zero attached hydrogens (tertiary/aromatic N) is 3. The summed E-state index contributed by atoms with van der Waals surface area (Å²) in [4.78, 5) is 10.7. The van der Waals surface area contributed by atoms with Gasteiger partial charge in [-0.15, -0.1) is 0 Å². The van der Waals surface area contributed by atoms with Gasteiger partial charge >= 0.3 is 0 Å². The van der Waals surface area contributed by atoms with E-state index in [9.17, 15) is 9.50 Å². The molecule has 2 aromatic heterocycles. The molecule has 1 saturated heterocycles. The quantitative estimate of drug-likeness (QED) is 0.441. The SMILES string of the molecule is CC1CN(c2ccc(-c3cnc4c(-c5ccc(F)nc5)cccc4c3O)cc2)CC(C)O1. The molecule has 2 unspecified atom stereocenters. The fourth-order valence-electron chi connectivity index (χ4n) is 4.43. The molecular formula is C26H24FN3O2. The van der Waals surface area contributed by atoms with E-state index in [-0.39, 0.29) is 18.0 Å². The van der Waals surface area contributed by atoms with Crippen LogP contribution in [0.3, 0.4) is 0 Å². The maximum atomic E-state index is 13.2. The Morgan fingerprint density at radius 3 is 2.28 bits per heavy atom. The van der Waals surface area contributed by atoms with E-state index in [4.69, 9.17) is 4.74 Å². The number of pyridine rings is 2. The second kappa shape index (κ2) is 8.20. The van der Waals surface area contributed by atoms with E-state index in [0.717, 1.165) is 35.5 Å². The highest BCUT2D eigenvalue weighted by Crippen LogP contribution is 2.38. The first-order valence-corrected chi connectivity index (χ1v) is 10.7. The fourth-order valence-corrected chi connectivity index (χ4v) is 4.43. The number of fused-ring (bicyclic) bond motifs is 1. The van der Waals surface area contributed by atoms with Crippen LogP contribution >= 0.6 is 0 Å². The van der Waals surface area contributed by atoms with E-state index in [1.807, 2.05) is 30.3 Å². The van der Waals surface area contributed by atoms with Crippen LogP contribution in [0.4, 0.5) is 10.1 Å². The molecule has 1 aliphatic heterocycles. The summed E-state index contributed by atoms with van der Waals surface area (Å²) in [5, 5.41) is 11.7. The summed E-state index contributed by atoms with van der Waals surface area (Å²) in [5.41, 5.74) is 4.88. The molecule has 6 heteroatoms. The van der Waals surface area contributed by atoms with Gasteiger partial charge in [-0.2, -0.15) is 4.39 Å². The molecule has 0 bridgehead atoms. The van der Waals surface area contributed by atoms with Crippen LogP contribution in [0.1, 0.15) is 13.8 Å². The Morgan fingerprint density at radius 1 is 0.875 bits per heavy atom. The van der Waals surface area contributed by atoms with E-state index in [1.54, 1.807) is 12.3 Å². The van der Waals surface area contributed by atoms with Crippen LogP contribution in [-0.2, 0) is 4.74 Å². The predicted molar refractivity (Wildman–Crippen MR) is 124 cm³/mol. The van der Waals surface area contributed by atoms with Gasteiger partial charge in [0.1, 0.15) is 5.75 Å². The lowest BCUT2D eigenvalue weighted by atomic mass is 9.99. The van der Waals surface area contributed by atoms with Crippen LogP contribution in [0.2, 0.25) is 0 Å². The largest absolute Gasteiger partial charge is 0.507 e. The topological polar surface area (TPSA) is 58.5 Å². The van der Waals surface area contributed by atoms with E-state index < -0.39 is 5.95 Å². The molecule has 162 valence electrons. The smallest absolute Gasteiger partial charge is 0.212 e. The number of halogens is 1. The number of hydrogen-bond donors (Lipinski definition) is 1. The maximum absolute atomic E-state index is 13.2. The Balaban J connectivity index is 1.50. The molecule has 5 nitrogen and oxygen atoms in total. The average Bonchev–Trinajstić information content (AvgIpc) is 2.79. The van der Waals surface area contributed by atoms with Crippen LogP contribution in [0.5, 0.6) is 5.75 Å². The number of rotatable bonds is 3. The normalized spacial score (nSPS) is 18.8. The molecule has 0 saturated carbocycles. The second-order valence-electron chi connectivity index (χ2n) is 8.30. The summed E-state index contributed by atoms with van der Waals surface area (Å²) in [7, 11) is 0. The Bertz CT molecular complexity index is 1250. The predicted octanol–water partition coefficient (Wildman–Crippen LogP) is 5.42. The van der Waals surface area contributed by atoms with Crippen molar-refractivity contribution in [2.24, 2.45) is 0 Å². The van der Waals surface area contributed by atoms with Crippen molar-refractivity contribution in [1.29, 1.82) is 0 Å². The van der Waals surface area contributed by atoms with Crippen molar-refractivity contribution in [1.82, 2.24) is 9.97 Å². The third-order valence-corrected chi connectivity index (χ3v) is 5.87. The minimum atomic E-state index is -0.531. The number of aromatic hydroxyl groups is 1. The van der Waals surface area contributed by atoms with Crippen molar-refractivity contribution in [3.05, 3.63) is 72.9 Å². The molecule has 1 aliphatic rings. The minimum absolute atomic E-state index is 0.174. The summed E-state index contributed by atoms with van der Waals surface area (Å²) in [6.45, 7) is 5.89. The van der Waals surface area contributed by atoms with E-state index in [0.29, 0.717) is 16.5 Å². The van der Waals surface area contributed by atoms with Crippen LogP contribution in [0.25, 0.3) is 33.2 Å². The van der Waals surface area contributed by atoms with E-state index in [1.165, 1.54) is 12.3 Å². The fraction of sp³-hybridized carbons (Fsp3) is 0.231. The summed E-state index contributed by atoms with van der Waals surface area (Å²) >= 11 is 0. The van der Waals surface area contributed by atoms with Crippen LogP contribution in [0.15, 0.2) is 67.0 Å². The Labute approximate surface area is 186 Å². The van der Waals surface area contributed by atoms with Crippen molar-refractivity contribution in [3.8, 4) is 28.0 Å². The number of hydrogen-bond acceptors (Lipinski definition) is 5. The summed E-state index contributed by atoms with van der Waals surface area (Å²) < 4.78 is 19.1. The molecule has 0 aliphatic carbocycles. The molecule has 2 atom stereocenters. The molecular weight excluding hydrogens is 405 g/mol. The molecule has 1 fully saturated rings. The molecule has 5 rings (SSSR count). The lowest BCUT2D eigenvalue weighted by Gasteiger charge is -2.36. The summed E-state index contributed by atoms with van der Waals surface area (Å²) in [6, 6.07) is 16.7. The molecule has 0 spiro atoms. The summed E-state index contributed by atoms with van der Waals surface area (Å²) in [6.07, 6.45) is 3.55. The van der Waals surface area contributed by atoms with Crippen molar-refractivity contribution < 1.29 is 14.2 Å². The number of ether oxygens (including phenoxy) is 1. The van der Waals surface area contributed by atoms with Crippen LogP contribution < -0.4 is 4.90 Å². The third-order valence-electron chi connectivity index (χ3n) is 5.87. The first kappa shape index (κ1) is 20.4. The van der Waals surface area contributed by atoms with Gasteiger partial charge in [0.05, 0.1) is 17.7 Å². The standard InChI is InChI=1S/C26H24FN3O2/c1-16-14-30(15-17(2)32-16)20-9-6-18(7-10-20)23-13-29-25-21(4-3-5-22(25)26(23)31)19-8-11-24(27)28-12-19/h3-13,16-17H,14-15H2,1-2H3,(H,29,31). The number of aromatic nitrogens is 2. The molecule has 0 amide bonds. The minimum Gasteiger partial charge on any atom is -0.507 e. The van der Waals surface area contributed by atoms with Crippen molar-refractivity contribution in [2.45, 2.75) is 26.1 Å². The highest BCUT2D eigenvalue weighted by atomic mass is 19.1. The first-order chi connectivity index (χ1) is 15.5. The van der Waals surface area contributed by atoms with Gasteiger partial charge in [0.25, 0.3) is 0 Å². The van der Waals surface area contributed by atoms with E-state index in [2.05, 4.69) is 40.8 Å². The van der Waals surface area contributed by atoms with Gasteiger partial charge < -0.3 is 14.7 Å². The second-order valence-corrected chi connectivity index (χ2v) is 8.30. The third kappa shape index (κ3) is 3.78. The van der Waals surface area contributed by atoms with Crippen molar-refractivity contribution in [3.63, 3.8) is 0 Å².